The van der Waals surface area contributed by atoms with Gasteiger partial charge in [0.1, 0.15) is 0 Å². The molecule has 0 aliphatic rings. The summed E-state index contributed by atoms with van der Waals surface area (Å²) in [5, 5.41) is 0. The van der Waals surface area contributed by atoms with Gasteiger partial charge in [0.05, 0.1) is 9.79 Å². The summed E-state index contributed by atoms with van der Waals surface area (Å²) in [5.74, 6) is 0.517. The van der Waals surface area contributed by atoms with E-state index in [1.54, 1.807) is 0 Å². The number of benzene rings is 2. The number of sulfonamides is 1. The van der Waals surface area contributed by atoms with Crippen molar-refractivity contribution in [2.45, 2.75) is 32.7 Å². The van der Waals surface area contributed by atoms with Crippen molar-refractivity contribution in [2.24, 2.45) is 0 Å². The van der Waals surface area contributed by atoms with Crippen molar-refractivity contribution in [1.29, 1.82) is 0 Å². The highest BCUT2D eigenvalue weighted by molar-refractivity contribution is 7.99. The molecule has 0 radical (unpaired) electrons. The maximum absolute atomic E-state index is 12.8. The summed E-state index contributed by atoms with van der Waals surface area (Å²) in [6, 6.07) is 12.3. The Hall–Kier alpha value is -1.64. The van der Waals surface area contributed by atoms with Gasteiger partial charge in [0.25, 0.3) is 19.9 Å². The quantitative estimate of drug-likeness (QED) is 0.354. The van der Waals surface area contributed by atoms with E-state index in [-0.39, 0.29) is 6.04 Å². The Labute approximate surface area is 190 Å². The van der Waals surface area contributed by atoms with Crippen molar-refractivity contribution in [3.8, 4) is 0 Å². The van der Waals surface area contributed by atoms with Gasteiger partial charge in [-0.15, -0.1) is 16.6 Å². The molecule has 2 aromatic rings. The Kier molecular flexibility index (Phi) is 9.14. The van der Waals surface area contributed by atoms with Gasteiger partial charge in [-0.25, -0.2) is 22.3 Å². The molecule has 0 spiro atoms. The van der Waals surface area contributed by atoms with E-state index in [4.69, 9.17) is 0 Å². The van der Waals surface area contributed by atoms with Gasteiger partial charge < -0.3 is 4.90 Å². The molecule has 7 nitrogen and oxygen atoms in total. The van der Waals surface area contributed by atoms with E-state index in [1.165, 1.54) is 11.8 Å². The van der Waals surface area contributed by atoms with Crippen molar-refractivity contribution < 1.29 is 30.0 Å². The molecule has 0 heterocycles. The average molecular weight is 512 g/mol. The molecule has 0 saturated heterocycles. The Bertz CT molecular complexity index is 1090. The van der Waals surface area contributed by atoms with E-state index >= 15 is 0 Å². The maximum Gasteiger partial charge on any atom is 0.501 e. The highest BCUT2D eigenvalue weighted by Crippen LogP contribution is 2.31. The number of nitrogens with one attached hydrogen (secondary N) is 2. The Balaban J connectivity index is 2.14. The van der Waals surface area contributed by atoms with E-state index < -0.39 is 35.2 Å². The van der Waals surface area contributed by atoms with Crippen molar-refractivity contribution in [2.75, 3.05) is 26.4 Å². The van der Waals surface area contributed by atoms with E-state index in [0.717, 1.165) is 17.0 Å². The molecule has 13 heteroatoms. The molecule has 0 bridgehead atoms. The molecule has 178 valence electrons. The van der Waals surface area contributed by atoms with Crippen LogP contribution in [-0.4, -0.2) is 59.7 Å². The van der Waals surface area contributed by atoms with E-state index in [2.05, 4.69) is 10.3 Å². The molecule has 0 aliphatic heterocycles. The summed E-state index contributed by atoms with van der Waals surface area (Å²) in [6.45, 7) is 0.661. The molecule has 2 N–H and O–H groups in total. The van der Waals surface area contributed by atoms with Gasteiger partial charge in [0.15, 0.2) is 0 Å². The zero-order valence-corrected chi connectivity index (χ0v) is 19.8. The minimum Gasteiger partial charge on any atom is -0.309 e. The zero-order valence-electron chi connectivity index (χ0n) is 17.3. The molecule has 0 aromatic heterocycles. The third-order valence-electron chi connectivity index (χ3n) is 4.25. The van der Waals surface area contributed by atoms with Crippen LogP contribution in [-0.2, 0) is 19.9 Å². The fourth-order valence-corrected chi connectivity index (χ4v) is 5.34. The SMILES string of the molecule is CN(C)CC[C@H](CSc1ccccc1)NNS(=O)(=O)c1cccc(S(=O)(=O)C(F)(F)F)c1. The van der Waals surface area contributed by atoms with E-state index in [0.29, 0.717) is 30.9 Å². The smallest absolute Gasteiger partial charge is 0.309 e. The van der Waals surface area contributed by atoms with Crippen LogP contribution in [0.5, 0.6) is 0 Å². The monoisotopic (exact) mass is 511 g/mol. The van der Waals surface area contributed by atoms with Crippen LogP contribution in [0.4, 0.5) is 13.2 Å². The highest BCUT2D eigenvalue weighted by atomic mass is 32.2. The number of hydrogen-bond donors (Lipinski definition) is 2. The second-order valence-electron chi connectivity index (χ2n) is 7.09. The predicted molar refractivity (Wildman–Crippen MR) is 117 cm³/mol. The summed E-state index contributed by atoms with van der Waals surface area (Å²) in [4.78, 5) is 3.36. The molecule has 0 aliphatic carbocycles. The van der Waals surface area contributed by atoms with Crippen molar-refractivity contribution >= 4 is 31.6 Å². The second kappa shape index (κ2) is 11.0. The van der Waals surface area contributed by atoms with Crippen LogP contribution in [0, 0.1) is 0 Å². The topological polar surface area (TPSA) is 95.6 Å². The largest absolute Gasteiger partial charge is 0.501 e. The van der Waals surface area contributed by atoms with Crippen LogP contribution >= 0.6 is 11.8 Å². The molecule has 0 unspecified atom stereocenters. The number of hydrogen-bond acceptors (Lipinski definition) is 7. The lowest BCUT2D eigenvalue weighted by Crippen LogP contribution is -2.46. The van der Waals surface area contributed by atoms with Gasteiger partial charge in [-0.1, -0.05) is 24.3 Å². The molecule has 0 saturated carbocycles. The van der Waals surface area contributed by atoms with Gasteiger partial charge in [-0.3, -0.25) is 0 Å². The summed E-state index contributed by atoms with van der Waals surface area (Å²) >= 11 is 1.51. The van der Waals surface area contributed by atoms with Gasteiger partial charge in [0, 0.05) is 16.7 Å². The van der Waals surface area contributed by atoms with Crippen LogP contribution in [0.15, 0.2) is 69.3 Å². The number of hydrazine groups is 1. The predicted octanol–water partition coefficient (Wildman–Crippen LogP) is 2.88. The third kappa shape index (κ3) is 7.46. The lowest BCUT2D eigenvalue weighted by atomic mass is 10.2. The molecular formula is C19H24F3N3O4S3. The van der Waals surface area contributed by atoms with E-state index in [1.807, 2.05) is 49.3 Å². The number of alkyl halides is 3. The van der Waals surface area contributed by atoms with Crippen LogP contribution in [0.25, 0.3) is 0 Å². The fourth-order valence-electron chi connectivity index (χ4n) is 2.49. The number of halogens is 3. The highest BCUT2D eigenvalue weighted by Gasteiger charge is 2.47. The Morgan fingerprint density at radius 1 is 0.969 bits per heavy atom. The minimum atomic E-state index is -5.67. The number of nitrogens with zero attached hydrogens (tertiary/aromatic N) is 1. The third-order valence-corrected chi connectivity index (χ3v) is 8.17. The first-order valence-electron chi connectivity index (χ1n) is 9.34. The Morgan fingerprint density at radius 3 is 2.19 bits per heavy atom. The average Bonchev–Trinajstić information content (AvgIpc) is 2.73. The van der Waals surface area contributed by atoms with Crippen LogP contribution in [0.3, 0.4) is 0 Å². The zero-order chi connectivity index (χ0) is 24.0. The number of sulfone groups is 1. The van der Waals surface area contributed by atoms with Gasteiger partial charge in [-0.05, 0) is 57.4 Å². The molecular weight excluding hydrogens is 487 g/mol. The number of rotatable bonds is 11. The first kappa shape index (κ1) is 26.6. The molecule has 2 aromatic carbocycles. The first-order chi connectivity index (χ1) is 14.8. The summed E-state index contributed by atoms with van der Waals surface area (Å²) in [7, 11) is -6.24. The van der Waals surface area contributed by atoms with Crippen LogP contribution in [0.2, 0.25) is 0 Å². The standard InChI is InChI=1S/C19H24F3N3O4S3/c1-25(2)12-11-15(14-30-16-7-4-3-5-8-16)23-24-32(28,29)18-10-6-9-17(13-18)31(26,27)19(20,21)22/h3-10,13,15,23-24H,11-12,14H2,1-2H3/t15-/m1/s1. The first-order valence-corrected chi connectivity index (χ1v) is 13.3. The van der Waals surface area contributed by atoms with Crippen LogP contribution < -0.4 is 10.3 Å². The second-order valence-corrected chi connectivity index (χ2v) is 11.8. The van der Waals surface area contributed by atoms with Gasteiger partial charge in [-0.2, -0.15) is 13.2 Å². The molecule has 1 atom stereocenters. The molecule has 0 fully saturated rings. The lowest BCUT2D eigenvalue weighted by molar-refractivity contribution is -0.0436. The van der Waals surface area contributed by atoms with Crippen LogP contribution in [0.1, 0.15) is 6.42 Å². The lowest BCUT2D eigenvalue weighted by Gasteiger charge is -2.21. The summed E-state index contributed by atoms with van der Waals surface area (Å²) < 4.78 is 86.8. The molecule has 0 amide bonds. The van der Waals surface area contributed by atoms with E-state index in [9.17, 15) is 30.0 Å². The molecule has 2 rings (SSSR count). The summed E-state index contributed by atoms with van der Waals surface area (Å²) in [6.07, 6.45) is 0.581. The van der Waals surface area contributed by atoms with Gasteiger partial charge >= 0.3 is 5.51 Å². The molecule has 32 heavy (non-hydrogen) atoms. The van der Waals surface area contributed by atoms with Crippen molar-refractivity contribution in [3.05, 3.63) is 54.6 Å². The maximum atomic E-state index is 12.8. The van der Waals surface area contributed by atoms with Crippen molar-refractivity contribution in [3.63, 3.8) is 0 Å². The fraction of sp³-hybridized carbons (Fsp3) is 0.368. The van der Waals surface area contributed by atoms with Gasteiger partial charge in [0.2, 0.25) is 0 Å². The summed E-state index contributed by atoms with van der Waals surface area (Å²) in [5.41, 5.74) is -2.82. The van der Waals surface area contributed by atoms with Crippen molar-refractivity contribution in [1.82, 2.24) is 15.2 Å². The number of thioether (sulfide) groups is 1. The normalized spacial score (nSPS) is 13.9. The minimum absolute atomic E-state index is 0.306. The Morgan fingerprint density at radius 2 is 1.59 bits per heavy atom.